The Bertz CT molecular complexity index is 1590. The van der Waals surface area contributed by atoms with Crippen LogP contribution in [0.4, 0.5) is 4.79 Å². The second-order valence-electron chi connectivity index (χ2n) is 16.8. The highest BCUT2D eigenvalue weighted by Gasteiger charge is 2.34. The van der Waals surface area contributed by atoms with Crippen molar-refractivity contribution in [2.45, 2.75) is 136 Å². The van der Waals surface area contributed by atoms with Crippen molar-refractivity contribution in [2.24, 2.45) is 11.8 Å². The third-order valence-electron chi connectivity index (χ3n) is 8.18. The van der Waals surface area contributed by atoms with E-state index < -0.39 is 77.1 Å². The average Bonchev–Trinajstić information content (AvgIpc) is 3.08. The van der Waals surface area contributed by atoms with E-state index in [-0.39, 0.29) is 44.1 Å². The largest absolute Gasteiger partial charge is 0.480 e. The number of nitrogens with one attached hydrogen (secondary N) is 5. The van der Waals surface area contributed by atoms with Gasteiger partial charge in [-0.2, -0.15) is 0 Å². The molecule has 310 valence electrons. The summed E-state index contributed by atoms with van der Waals surface area (Å²) in [6.07, 6.45) is -0.376. The van der Waals surface area contributed by atoms with E-state index in [4.69, 9.17) is 9.47 Å². The first-order chi connectivity index (χ1) is 26.0. The zero-order chi connectivity index (χ0) is 42.2. The van der Waals surface area contributed by atoms with Crippen LogP contribution in [-0.4, -0.2) is 88.8 Å². The molecule has 2 aromatic rings. The predicted octanol–water partition coefficient (Wildman–Crippen LogP) is 4.30. The Morgan fingerprint density at radius 2 is 0.911 bits per heavy atom. The molecule has 0 aliphatic carbocycles. The Morgan fingerprint density at radius 1 is 0.536 bits per heavy atom. The Balaban J connectivity index is 2.38. The number of carboxylic acid groups (broad SMARTS) is 1. The number of carbonyl (C=O) groups excluding carboxylic acids is 5. The third-order valence-corrected chi connectivity index (χ3v) is 8.18. The van der Waals surface area contributed by atoms with Gasteiger partial charge in [-0.25, -0.2) is 9.59 Å². The van der Waals surface area contributed by atoms with Gasteiger partial charge in [-0.1, -0.05) is 88.4 Å². The Hall–Kier alpha value is -4.98. The van der Waals surface area contributed by atoms with Crippen LogP contribution in [0, 0.1) is 11.8 Å². The fourth-order valence-corrected chi connectivity index (χ4v) is 5.57. The maximum absolute atomic E-state index is 14.1. The van der Waals surface area contributed by atoms with Gasteiger partial charge in [-0.05, 0) is 77.3 Å². The van der Waals surface area contributed by atoms with E-state index >= 15 is 0 Å². The highest BCUT2D eigenvalue weighted by atomic mass is 16.6. The maximum atomic E-state index is 14.1. The third kappa shape index (κ3) is 18.6. The number of ether oxygens (including phenoxy) is 2. The summed E-state index contributed by atoms with van der Waals surface area (Å²) in [7, 11) is 0. The number of carbonyl (C=O) groups is 6. The Morgan fingerprint density at radius 3 is 1.30 bits per heavy atom. The number of hydrogen-bond acceptors (Lipinski definition) is 8. The summed E-state index contributed by atoms with van der Waals surface area (Å²) in [4.78, 5) is 80.4. The molecule has 0 saturated carbocycles. The molecule has 14 nitrogen and oxygen atoms in total. The molecule has 5 amide bonds. The molecule has 0 aliphatic rings. The first-order valence-electron chi connectivity index (χ1n) is 19.2. The summed E-state index contributed by atoms with van der Waals surface area (Å²) < 4.78 is 11.2. The molecule has 14 heteroatoms. The van der Waals surface area contributed by atoms with Crippen LogP contribution in [0.2, 0.25) is 0 Å². The molecule has 0 fully saturated rings. The van der Waals surface area contributed by atoms with E-state index in [1.54, 1.807) is 96.1 Å². The van der Waals surface area contributed by atoms with Crippen LogP contribution in [0.3, 0.4) is 0 Å². The molecule has 0 saturated heterocycles. The van der Waals surface area contributed by atoms with Crippen LogP contribution in [0.25, 0.3) is 0 Å². The molecule has 0 unspecified atom stereocenters. The van der Waals surface area contributed by atoms with Crippen molar-refractivity contribution in [1.29, 1.82) is 0 Å². The van der Waals surface area contributed by atoms with Gasteiger partial charge < -0.3 is 41.2 Å². The van der Waals surface area contributed by atoms with Gasteiger partial charge in [0, 0.05) is 12.8 Å². The summed E-state index contributed by atoms with van der Waals surface area (Å²) in [5, 5.41) is 23.4. The summed E-state index contributed by atoms with van der Waals surface area (Å²) in [6, 6.07) is 11.9. The molecule has 5 atom stereocenters. The minimum Gasteiger partial charge on any atom is -0.480 e. The first-order valence-corrected chi connectivity index (χ1v) is 19.2. The molecule has 6 N–H and O–H groups in total. The van der Waals surface area contributed by atoms with Gasteiger partial charge in [0.15, 0.2) is 0 Å². The number of aliphatic carboxylic acids is 1. The molecule has 2 rings (SSSR count). The first kappa shape index (κ1) is 47.2. The summed E-state index contributed by atoms with van der Waals surface area (Å²) in [5.74, 6) is -4.07. The molecule has 0 radical (unpaired) electrons. The second-order valence-corrected chi connectivity index (χ2v) is 16.8. The minimum absolute atomic E-state index is 0.0381. The molecular weight excluding hydrogens is 718 g/mol. The minimum atomic E-state index is -1.25. The van der Waals surface area contributed by atoms with Crippen molar-refractivity contribution in [1.82, 2.24) is 26.6 Å². The van der Waals surface area contributed by atoms with E-state index in [0.717, 1.165) is 5.56 Å². The molecule has 0 aromatic heterocycles. The van der Waals surface area contributed by atoms with Gasteiger partial charge in [0.25, 0.3) is 0 Å². The molecule has 0 spiro atoms. The van der Waals surface area contributed by atoms with Gasteiger partial charge in [-0.15, -0.1) is 0 Å². The monoisotopic (exact) mass is 781 g/mol. The predicted molar refractivity (Wildman–Crippen MR) is 213 cm³/mol. The molecule has 56 heavy (non-hydrogen) atoms. The SMILES string of the molecule is CC(C)C[C@@H](NC(=O)[C@H](Cc1ccccc1)NC(=O)[C@@H](CC(C)C)NC(=O)[C@H](COC(C)(C)C)NC(=O)OC(C)(C)C)C(=O)N[C@@H](Cc1ccccc1)C(=O)O. The highest BCUT2D eigenvalue weighted by Crippen LogP contribution is 2.13. The normalized spacial score (nSPS) is 14.4. The molecule has 0 bridgehead atoms. The van der Waals surface area contributed by atoms with Crippen molar-refractivity contribution < 1.29 is 43.3 Å². The number of amides is 5. The van der Waals surface area contributed by atoms with Crippen molar-refractivity contribution in [3.8, 4) is 0 Å². The van der Waals surface area contributed by atoms with Crippen LogP contribution < -0.4 is 26.6 Å². The van der Waals surface area contributed by atoms with E-state index in [1.807, 2.05) is 33.8 Å². The van der Waals surface area contributed by atoms with E-state index in [2.05, 4.69) is 26.6 Å². The van der Waals surface area contributed by atoms with E-state index in [0.29, 0.717) is 5.56 Å². The van der Waals surface area contributed by atoms with Gasteiger partial charge >= 0.3 is 12.1 Å². The fraction of sp³-hybridized carbons (Fsp3) is 0.571. The van der Waals surface area contributed by atoms with Crippen molar-refractivity contribution >= 4 is 35.7 Å². The van der Waals surface area contributed by atoms with Gasteiger partial charge in [0.1, 0.15) is 35.8 Å². The van der Waals surface area contributed by atoms with Crippen LogP contribution in [0.5, 0.6) is 0 Å². The number of carboxylic acids is 1. The molecule has 2 aromatic carbocycles. The molecular formula is C42H63N5O9. The lowest BCUT2D eigenvalue weighted by Crippen LogP contribution is -2.60. The van der Waals surface area contributed by atoms with Gasteiger partial charge in [0.05, 0.1) is 12.2 Å². The average molecular weight is 782 g/mol. The van der Waals surface area contributed by atoms with Crippen LogP contribution in [0.15, 0.2) is 60.7 Å². The maximum Gasteiger partial charge on any atom is 0.408 e. The van der Waals surface area contributed by atoms with Crippen molar-refractivity contribution in [3.05, 3.63) is 71.8 Å². The van der Waals surface area contributed by atoms with Crippen molar-refractivity contribution in [2.75, 3.05) is 6.61 Å². The lowest BCUT2D eigenvalue weighted by atomic mass is 9.99. The topological polar surface area (TPSA) is 201 Å². The number of alkyl carbamates (subject to hydrolysis) is 1. The van der Waals surface area contributed by atoms with E-state index in [1.165, 1.54) is 0 Å². The van der Waals surface area contributed by atoms with E-state index in [9.17, 15) is 33.9 Å². The fourth-order valence-electron chi connectivity index (χ4n) is 5.57. The van der Waals surface area contributed by atoms with Crippen molar-refractivity contribution in [3.63, 3.8) is 0 Å². The summed E-state index contributed by atoms with van der Waals surface area (Å²) >= 11 is 0. The highest BCUT2D eigenvalue weighted by molar-refractivity contribution is 5.96. The number of benzene rings is 2. The molecule has 0 heterocycles. The zero-order valence-electron chi connectivity index (χ0n) is 34.6. The standard InChI is InChI=1S/C42H63N5O9/c1-26(2)21-30(44-38(51)34(25-55-41(5,6)7)47-40(54)56-42(8,9)10)35(48)45-32(23-28-17-13-11-14-18-28)37(50)43-31(22-27(3)4)36(49)46-33(39(52)53)24-29-19-15-12-16-20-29/h11-20,26-27,30-34H,21-25H2,1-10H3,(H,43,50)(H,44,51)(H,45,48)(H,46,49)(H,47,54)(H,52,53)/t30-,31-,32+,33+,34+/m1/s1. The summed E-state index contributed by atoms with van der Waals surface area (Å²) in [5.41, 5.74) is -0.0508. The molecule has 0 aliphatic heterocycles. The lowest BCUT2D eigenvalue weighted by Gasteiger charge is -2.29. The quantitative estimate of drug-likeness (QED) is 0.113. The lowest BCUT2D eigenvalue weighted by molar-refractivity contribution is -0.142. The second kappa shape index (κ2) is 21.9. The number of rotatable bonds is 20. The van der Waals surface area contributed by atoms with Crippen LogP contribution in [-0.2, 0) is 46.3 Å². The summed E-state index contributed by atoms with van der Waals surface area (Å²) in [6.45, 7) is 17.7. The Labute approximate surface area is 331 Å². The van der Waals surface area contributed by atoms with Gasteiger partial charge in [0.2, 0.25) is 23.6 Å². The Kier molecular flexibility index (Phi) is 18.5. The van der Waals surface area contributed by atoms with Gasteiger partial charge in [-0.3, -0.25) is 19.2 Å². The van der Waals surface area contributed by atoms with Crippen LogP contribution in [0.1, 0.15) is 93.2 Å². The van der Waals surface area contributed by atoms with Crippen LogP contribution >= 0.6 is 0 Å². The smallest absolute Gasteiger partial charge is 0.408 e. The number of hydrogen-bond donors (Lipinski definition) is 6. The zero-order valence-corrected chi connectivity index (χ0v) is 34.6.